The van der Waals surface area contributed by atoms with E-state index in [0.29, 0.717) is 29.7 Å². The largest absolute Gasteiger partial charge is 0.333 e. The summed E-state index contributed by atoms with van der Waals surface area (Å²) in [7, 11) is 0. The van der Waals surface area contributed by atoms with Gasteiger partial charge in [0.15, 0.2) is 0 Å². The van der Waals surface area contributed by atoms with Crippen molar-refractivity contribution in [1.82, 2.24) is 14.9 Å². The summed E-state index contributed by atoms with van der Waals surface area (Å²) in [5, 5.41) is 4.90. The van der Waals surface area contributed by atoms with Gasteiger partial charge in [0.1, 0.15) is 0 Å². The summed E-state index contributed by atoms with van der Waals surface area (Å²) in [5.74, 6) is 3.28. The van der Waals surface area contributed by atoms with E-state index in [9.17, 15) is 0 Å². The number of nitrogens with one attached hydrogen (secondary N) is 2. The summed E-state index contributed by atoms with van der Waals surface area (Å²) >= 11 is 7.85. The summed E-state index contributed by atoms with van der Waals surface area (Å²) in [6.45, 7) is 9.46. The van der Waals surface area contributed by atoms with Crippen LogP contribution in [0.4, 0.5) is 0 Å². The molecule has 0 aromatic rings. The minimum atomic E-state index is 0.544. The third kappa shape index (κ3) is 7.77. The molecular weight excluding hydrogens is 470 g/mol. The molecule has 194 valence electrons. The van der Waals surface area contributed by atoms with Gasteiger partial charge in [0, 0.05) is 42.0 Å². The monoisotopic (exact) mass is 515 g/mol. The molecule has 3 unspecified atom stereocenters. The highest BCUT2D eigenvalue weighted by Gasteiger charge is 2.28. The molecule has 4 rings (SSSR count). The van der Waals surface area contributed by atoms with Gasteiger partial charge in [-0.2, -0.15) is 0 Å². The lowest BCUT2D eigenvalue weighted by molar-refractivity contribution is 0.138. The molecule has 1 fully saturated rings. The molecule has 2 N–H and O–H groups in total. The zero-order valence-corrected chi connectivity index (χ0v) is 23.6. The average Bonchev–Trinajstić information content (AvgIpc) is 2.88. The molecule has 4 aliphatic rings. The van der Waals surface area contributed by atoms with Crippen molar-refractivity contribution in [3.05, 3.63) is 58.8 Å². The molecule has 1 heterocycles. The molecule has 0 spiro atoms. The van der Waals surface area contributed by atoms with Crippen LogP contribution in [0.2, 0.25) is 0 Å². The third-order valence-electron chi connectivity index (χ3n) is 8.46. The van der Waals surface area contributed by atoms with Gasteiger partial charge >= 0.3 is 0 Å². The molecule has 0 radical (unpaired) electrons. The average molecular weight is 516 g/mol. The maximum Gasteiger partial charge on any atom is 0.0363 e. The highest BCUT2D eigenvalue weighted by Crippen LogP contribution is 2.34. The van der Waals surface area contributed by atoms with E-state index in [-0.39, 0.29) is 0 Å². The Hall–Kier alpha value is -0.940. The van der Waals surface area contributed by atoms with Crippen molar-refractivity contribution in [1.29, 1.82) is 0 Å². The summed E-state index contributed by atoms with van der Waals surface area (Å²) in [6, 6.07) is 0.550. The van der Waals surface area contributed by atoms with Gasteiger partial charge in [-0.1, -0.05) is 73.9 Å². The van der Waals surface area contributed by atoms with E-state index in [1.807, 2.05) is 0 Å². The number of likely N-dealkylation sites (tertiary alicyclic amines) is 1. The number of allylic oxidation sites excluding steroid dienone is 8. The Morgan fingerprint density at radius 1 is 1.11 bits per heavy atom. The maximum atomic E-state index is 6.13. The van der Waals surface area contributed by atoms with Crippen molar-refractivity contribution in [3.8, 4) is 0 Å². The zero-order chi connectivity index (χ0) is 24.6. The van der Waals surface area contributed by atoms with Gasteiger partial charge < -0.3 is 14.9 Å². The molecule has 1 aliphatic heterocycles. The molecule has 4 atom stereocenters. The fourth-order valence-electron chi connectivity index (χ4n) is 6.22. The molecule has 0 saturated carbocycles. The quantitative estimate of drug-likeness (QED) is 0.304. The van der Waals surface area contributed by atoms with Gasteiger partial charge in [-0.05, 0) is 93.4 Å². The molecule has 1 saturated heterocycles. The van der Waals surface area contributed by atoms with E-state index in [1.54, 1.807) is 11.9 Å². The van der Waals surface area contributed by atoms with Gasteiger partial charge in [-0.25, -0.2) is 0 Å². The summed E-state index contributed by atoms with van der Waals surface area (Å²) in [6.07, 6.45) is 27.2. The number of halogens is 1. The van der Waals surface area contributed by atoms with Crippen LogP contribution in [0.3, 0.4) is 0 Å². The first-order valence-corrected chi connectivity index (χ1v) is 15.5. The number of hydrogen-bond acceptors (Lipinski definition) is 4. The number of rotatable bonds is 10. The van der Waals surface area contributed by atoms with E-state index >= 15 is 0 Å². The van der Waals surface area contributed by atoms with Gasteiger partial charge in [0.05, 0.1) is 0 Å². The van der Waals surface area contributed by atoms with Gasteiger partial charge in [-0.3, -0.25) is 0 Å². The van der Waals surface area contributed by atoms with Crippen LogP contribution in [-0.2, 0) is 0 Å². The fourth-order valence-corrected chi connectivity index (χ4v) is 6.84. The van der Waals surface area contributed by atoms with E-state index in [0.717, 1.165) is 30.3 Å². The highest BCUT2D eigenvalue weighted by molar-refractivity contribution is 7.96. The molecule has 3 aliphatic carbocycles. The van der Waals surface area contributed by atoms with Crippen molar-refractivity contribution < 1.29 is 0 Å². The molecule has 5 heteroatoms. The number of piperidine rings is 1. The molecule has 35 heavy (non-hydrogen) atoms. The van der Waals surface area contributed by atoms with Crippen LogP contribution in [-0.4, -0.2) is 43.4 Å². The lowest BCUT2D eigenvalue weighted by atomic mass is 9.80. The van der Waals surface area contributed by atoms with Crippen molar-refractivity contribution in [2.45, 2.75) is 64.8 Å². The maximum absolute atomic E-state index is 6.13. The standard InChI is InChI=1S/C30H46ClN3S/c1-22(2)30(21-34-17-15-25(16-18-34)24-11-13-27(31)14-12-24)32-20-23-7-6-8-26(19-23)28-9-4-5-10-29(28)33-35-3/h6,8,10-11,13-14,19,22-25,28,30,32-33H,4-5,7,9,12,15-18,20-21H2,1-3H3/t23?,24?,28?,30-/m0/s1. The van der Waals surface area contributed by atoms with Crippen molar-refractivity contribution >= 4 is 23.5 Å². The van der Waals surface area contributed by atoms with E-state index in [1.165, 1.54) is 63.0 Å². The first-order valence-electron chi connectivity index (χ1n) is 13.9. The molecule has 0 amide bonds. The Kier molecular flexibility index (Phi) is 10.5. The third-order valence-corrected chi connectivity index (χ3v) is 9.18. The zero-order valence-electron chi connectivity index (χ0n) is 22.0. The Bertz CT molecular complexity index is 835. The Labute approximate surface area is 223 Å². The summed E-state index contributed by atoms with van der Waals surface area (Å²) in [4.78, 5) is 2.71. The summed E-state index contributed by atoms with van der Waals surface area (Å²) < 4.78 is 3.55. The topological polar surface area (TPSA) is 27.3 Å². The SMILES string of the molecule is CSNC1=CCCCC1C1=CC(CN[C@@H](CN2CCC(C3C=CC(Cl)=CC3)CC2)C(C)C)CC=C1. The number of hydrogen-bond donors (Lipinski definition) is 2. The van der Waals surface area contributed by atoms with Crippen LogP contribution in [0, 0.1) is 29.6 Å². The first kappa shape index (κ1) is 27.1. The van der Waals surface area contributed by atoms with Crippen LogP contribution in [0.25, 0.3) is 0 Å². The highest BCUT2D eigenvalue weighted by atomic mass is 35.5. The van der Waals surface area contributed by atoms with Crippen LogP contribution in [0.15, 0.2) is 58.8 Å². The summed E-state index contributed by atoms with van der Waals surface area (Å²) in [5.41, 5.74) is 2.94. The Morgan fingerprint density at radius 2 is 1.94 bits per heavy atom. The second-order valence-corrected chi connectivity index (χ2v) is 12.3. The second-order valence-electron chi connectivity index (χ2n) is 11.3. The van der Waals surface area contributed by atoms with Crippen LogP contribution in [0.1, 0.15) is 58.8 Å². The predicted molar refractivity (Wildman–Crippen MR) is 154 cm³/mol. The van der Waals surface area contributed by atoms with Crippen LogP contribution in [0.5, 0.6) is 0 Å². The number of nitrogens with zero attached hydrogens (tertiary/aromatic N) is 1. The molecule has 3 nitrogen and oxygen atoms in total. The fraction of sp³-hybridized carbons (Fsp3) is 0.667. The normalized spacial score (nSPS) is 29.1. The molecular formula is C30H46ClN3S. The smallest absolute Gasteiger partial charge is 0.0363 e. The first-order chi connectivity index (χ1) is 17.0. The van der Waals surface area contributed by atoms with Crippen LogP contribution < -0.4 is 10.0 Å². The van der Waals surface area contributed by atoms with Crippen molar-refractivity contribution in [2.24, 2.45) is 29.6 Å². The van der Waals surface area contributed by atoms with Gasteiger partial charge in [-0.15, -0.1) is 0 Å². The molecule has 0 bridgehead atoms. The second kappa shape index (κ2) is 13.6. The minimum Gasteiger partial charge on any atom is -0.333 e. The Morgan fingerprint density at radius 3 is 2.66 bits per heavy atom. The Balaban J connectivity index is 1.26. The predicted octanol–water partition coefficient (Wildman–Crippen LogP) is 7.07. The van der Waals surface area contributed by atoms with Crippen LogP contribution >= 0.6 is 23.5 Å². The van der Waals surface area contributed by atoms with Gasteiger partial charge in [0.2, 0.25) is 0 Å². The van der Waals surface area contributed by atoms with Crippen molar-refractivity contribution in [2.75, 3.05) is 32.4 Å². The lowest BCUT2D eigenvalue weighted by Gasteiger charge is -2.38. The van der Waals surface area contributed by atoms with Crippen molar-refractivity contribution in [3.63, 3.8) is 0 Å². The van der Waals surface area contributed by atoms with Gasteiger partial charge in [0.25, 0.3) is 0 Å². The van der Waals surface area contributed by atoms with E-state index in [2.05, 4.69) is 77.6 Å². The van der Waals surface area contributed by atoms with E-state index in [4.69, 9.17) is 11.6 Å². The lowest BCUT2D eigenvalue weighted by Crippen LogP contribution is -2.48. The molecule has 0 aromatic heterocycles. The minimum absolute atomic E-state index is 0.544. The van der Waals surface area contributed by atoms with E-state index < -0.39 is 0 Å². The molecule has 0 aromatic carbocycles.